The number of ether oxygens (including phenoxy) is 1. The first-order chi connectivity index (χ1) is 15.8. The molecule has 1 aliphatic rings. The average Bonchev–Trinajstić information content (AvgIpc) is 2.78. The monoisotopic (exact) mass is 457 g/mol. The molecular weight excluding hydrogens is 425 g/mol. The van der Waals surface area contributed by atoms with Gasteiger partial charge in [0.05, 0.1) is 6.10 Å². The lowest BCUT2D eigenvalue weighted by Crippen LogP contribution is -2.28. The van der Waals surface area contributed by atoms with E-state index in [1.165, 1.54) is 18.3 Å². The van der Waals surface area contributed by atoms with Gasteiger partial charge < -0.3 is 20.3 Å². The molecule has 1 aromatic carbocycles. The molecule has 0 aliphatic carbocycles. The molecule has 1 aliphatic heterocycles. The van der Waals surface area contributed by atoms with Gasteiger partial charge in [-0.25, -0.2) is 9.18 Å². The number of fused-ring (bicyclic) bond motifs is 1. The molecule has 0 bridgehead atoms. The van der Waals surface area contributed by atoms with Crippen molar-refractivity contribution in [3.8, 4) is 5.75 Å². The number of phenolic OH excluding ortho intramolecular Hbond substituents is 1. The summed E-state index contributed by atoms with van der Waals surface area (Å²) in [6.07, 6.45) is 14.2. The van der Waals surface area contributed by atoms with E-state index in [0.717, 1.165) is 12.5 Å². The highest BCUT2D eigenvalue weighted by atomic mass is 19.1. The van der Waals surface area contributed by atoms with Crippen LogP contribution in [0.2, 0.25) is 0 Å². The molecule has 0 unspecified atom stereocenters. The Morgan fingerprint density at radius 1 is 1.27 bits per heavy atom. The van der Waals surface area contributed by atoms with Crippen molar-refractivity contribution in [3.05, 3.63) is 77.8 Å². The quantitative estimate of drug-likeness (QED) is 0.253. The third-order valence-electron chi connectivity index (χ3n) is 5.34. The summed E-state index contributed by atoms with van der Waals surface area (Å²) in [5, 5.41) is 23.3. The molecule has 7 heteroatoms. The van der Waals surface area contributed by atoms with Crippen molar-refractivity contribution in [2.45, 2.75) is 58.2 Å². The normalized spacial score (nSPS) is 23.2. The number of esters is 1. The van der Waals surface area contributed by atoms with Gasteiger partial charge in [-0.3, -0.25) is 4.79 Å². The van der Waals surface area contributed by atoms with Crippen LogP contribution >= 0.6 is 0 Å². The minimum Gasteiger partial charge on any atom is -0.504 e. The number of hydrogen-bond donors (Lipinski definition) is 3. The summed E-state index contributed by atoms with van der Waals surface area (Å²) < 4.78 is 19.5. The Morgan fingerprint density at radius 3 is 2.82 bits per heavy atom. The summed E-state index contributed by atoms with van der Waals surface area (Å²) in [5.74, 6) is -2.88. The van der Waals surface area contributed by atoms with E-state index in [2.05, 4.69) is 5.32 Å². The molecule has 0 spiro atoms. The molecule has 2 rings (SSSR count). The second-order valence-electron chi connectivity index (χ2n) is 7.99. The lowest BCUT2D eigenvalue weighted by Gasteiger charge is -2.24. The van der Waals surface area contributed by atoms with Gasteiger partial charge in [-0.1, -0.05) is 56.4 Å². The standard InChI is InChI=1S/C26H32FNO5/c1-3-4-5-6-13-23(30)28-16-9-12-20-17-22(29)18(2)10-7-8-11-19-14-15-21(27)25(31)24(19)26(32)33-20/h4-9,13-16,18,20,22,29,31H,3,10-12,17H2,1-2H3,(H,28,30)/b5-4-,8-7-,13-6-,16-9+/t18-,20-,22+/m0/s1. The smallest absolute Gasteiger partial charge is 0.342 e. The molecule has 1 amide bonds. The third kappa shape index (κ3) is 8.35. The average molecular weight is 458 g/mol. The van der Waals surface area contributed by atoms with Crippen LogP contribution in [0.15, 0.2) is 60.9 Å². The van der Waals surface area contributed by atoms with Crippen LogP contribution in [0, 0.1) is 11.7 Å². The molecular formula is C26H32FNO5. The zero-order valence-electron chi connectivity index (χ0n) is 19.0. The zero-order valence-corrected chi connectivity index (χ0v) is 19.0. The van der Waals surface area contributed by atoms with Gasteiger partial charge in [0.2, 0.25) is 5.91 Å². The molecule has 6 nitrogen and oxygen atoms in total. The van der Waals surface area contributed by atoms with Gasteiger partial charge in [0.1, 0.15) is 11.7 Å². The van der Waals surface area contributed by atoms with Gasteiger partial charge >= 0.3 is 5.97 Å². The summed E-state index contributed by atoms with van der Waals surface area (Å²) in [6.45, 7) is 3.90. The summed E-state index contributed by atoms with van der Waals surface area (Å²) in [6, 6.07) is 2.57. The summed E-state index contributed by atoms with van der Waals surface area (Å²) in [5.41, 5.74) is 0.240. The van der Waals surface area contributed by atoms with Gasteiger partial charge in [0, 0.05) is 25.1 Å². The molecule has 3 N–H and O–H groups in total. The minimum atomic E-state index is -0.906. The second kappa shape index (κ2) is 13.4. The SMILES string of the molecule is CC/C=C\C=C/C(=O)N/C=C/C[C@H]1C[C@@H](O)[C@@H](C)C/C=C\Cc2ccc(F)c(O)c2C(=O)O1. The number of carbonyl (C=O) groups is 2. The number of allylic oxidation sites excluding steroid dienone is 5. The van der Waals surface area contributed by atoms with Crippen LogP contribution in [0.1, 0.15) is 55.5 Å². The van der Waals surface area contributed by atoms with Crippen LogP contribution in [0.25, 0.3) is 0 Å². The largest absolute Gasteiger partial charge is 0.504 e. The number of carbonyl (C=O) groups excluding carboxylic acids is 2. The summed E-state index contributed by atoms with van der Waals surface area (Å²) in [4.78, 5) is 24.6. The third-order valence-corrected chi connectivity index (χ3v) is 5.34. The van der Waals surface area contributed by atoms with Crippen LogP contribution in [0.4, 0.5) is 4.39 Å². The first-order valence-electron chi connectivity index (χ1n) is 11.2. The predicted molar refractivity (Wildman–Crippen MR) is 125 cm³/mol. The number of rotatable bonds is 6. The molecule has 1 aromatic rings. The minimum absolute atomic E-state index is 0.0621. The van der Waals surface area contributed by atoms with Crippen LogP contribution in [-0.2, 0) is 16.0 Å². The van der Waals surface area contributed by atoms with Gasteiger partial charge in [-0.15, -0.1) is 0 Å². The Kier molecular flexibility index (Phi) is 10.6. The Bertz CT molecular complexity index is 935. The predicted octanol–water partition coefficient (Wildman–Crippen LogP) is 4.49. The fourth-order valence-corrected chi connectivity index (χ4v) is 3.35. The van der Waals surface area contributed by atoms with Crippen molar-refractivity contribution in [2.24, 2.45) is 5.92 Å². The van der Waals surface area contributed by atoms with Crippen molar-refractivity contribution in [1.29, 1.82) is 0 Å². The van der Waals surface area contributed by atoms with E-state index in [0.29, 0.717) is 18.4 Å². The lowest BCUT2D eigenvalue weighted by atomic mass is 9.93. The Balaban J connectivity index is 2.16. The van der Waals surface area contributed by atoms with Crippen molar-refractivity contribution in [3.63, 3.8) is 0 Å². The molecule has 3 atom stereocenters. The molecule has 178 valence electrons. The topological polar surface area (TPSA) is 95.9 Å². The fraction of sp³-hybridized carbons (Fsp3) is 0.385. The first-order valence-corrected chi connectivity index (χ1v) is 11.2. The number of phenols is 1. The number of aliphatic hydroxyl groups is 1. The summed E-state index contributed by atoms with van der Waals surface area (Å²) >= 11 is 0. The van der Waals surface area contributed by atoms with Gasteiger partial charge in [-0.2, -0.15) is 0 Å². The Labute approximate surface area is 194 Å². The number of aromatic hydroxyl groups is 1. The van der Waals surface area contributed by atoms with E-state index in [1.54, 1.807) is 18.2 Å². The van der Waals surface area contributed by atoms with Gasteiger partial charge in [0.15, 0.2) is 11.6 Å². The van der Waals surface area contributed by atoms with Crippen molar-refractivity contribution in [1.82, 2.24) is 5.32 Å². The molecule has 33 heavy (non-hydrogen) atoms. The molecule has 0 saturated carbocycles. The molecule has 0 saturated heterocycles. The number of aliphatic hydroxyl groups excluding tert-OH is 1. The van der Waals surface area contributed by atoms with Crippen LogP contribution in [0.3, 0.4) is 0 Å². The summed E-state index contributed by atoms with van der Waals surface area (Å²) in [7, 11) is 0. The van der Waals surface area contributed by atoms with Crippen molar-refractivity contribution < 1.29 is 28.9 Å². The van der Waals surface area contributed by atoms with Crippen LogP contribution in [0.5, 0.6) is 5.75 Å². The van der Waals surface area contributed by atoms with E-state index in [9.17, 15) is 24.2 Å². The highest BCUT2D eigenvalue weighted by molar-refractivity contribution is 5.94. The number of benzene rings is 1. The van der Waals surface area contributed by atoms with E-state index in [-0.39, 0.29) is 30.2 Å². The van der Waals surface area contributed by atoms with Gasteiger partial charge in [-0.05, 0) is 36.8 Å². The van der Waals surface area contributed by atoms with E-state index in [1.807, 2.05) is 32.1 Å². The number of amides is 1. The number of halogens is 1. The Morgan fingerprint density at radius 2 is 2.06 bits per heavy atom. The fourth-order valence-electron chi connectivity index (χ4n) is 3.35. The molecule has 0 radical (unpaired) electrons. The zero-order chi connectivity index (χ0) is 24.2. The Hall–Kier alpha value is -3.19. The molecule has 1 heterocycles. The van der Waals surface area contributed by atoms with Gasteiger partial charge in [0.25, 0.3) is 0 Å². The maximum Gasteiger partial charge on any atom is 0.342 e. The van der Waals surface area contributed by atoms with Crippen molar-refractivity contribution in [2.75, 3.05) is 0 Å². The van der Waals surface area contributed by atoms with Crippen LogP contribution in [-0.4, -0.2) is 34.3 Å². The lowest BCUT2D eigenvalue weighted by molar-refractivity contribution is -0.115. The molecule has 0 aromatic heterocycles. The second-order valence-corrected chi connectivity index (χ2v) is 7.99. The van der Waals surface area contributed by atoms with E-state index >= 15 is 0 Å². The highest BCUT2D eigenvalue weighted by Gasteiger charge is 2.26. The maximum atomic E-state index is 13.9. The maximum absolute atomic E-state index is 13.9. The van der Waals surface area contributed by atoms with E-state index in [4.69, 9.17) is 4.74 Å². The first kappa shape index (κ1) is 26.1. The number of cyclic esters (lactones) is 1. The van der Waals surface area contributed by atoms with E-state index < -0.39 is 29.7 Å². The van der Waals surface area contributed by atoms with Crippen molar-refractivity contribution >= 4 is 11.9 Å². The highest BCUT2D eigenvalue weighted by Crippen LogP contribution is 2.28. The number of hydrogen-bond acceptors (Lipinski definition) is 5. The number of nitrogens with one attached hydrogen (secondary N) is 1. The van der Waals surface area contributed by atoms with Crippen LogP contribution < -0.4 is 5.32 Å². The molecule has 0 fully saturated rings.